The summed E-state index contributed by atoms with van der Waals surface area (Å²) in [6.07, 6.45) is 0. The van der Waals surface area contributed by atoms with Gasteiger partial charge in [-0.2, -0.15) is 4.31 Å². The third-order valence-electron chi connectivity index (χ3n) is 5.23. The Labute approximate surface area is 182 Å². The van der Waals surface area contributed by atoms with Gasteiger partial charge in [0.2, 0.25) is 10.0 Å². The van der Waals surface area contributed by atoms with E-state index in [1.165, 1.54) is 10.4 Å². The van der Waals surface area contributed by atoms with Crippen molar-refractivity contribution in [1.82, 2.24) is 9.62 Å². The molecule has 1 saturated heterocycles. The second kappa shape index (κ2) is 9.91. The van der Waals surface area contributed by atoms with Gasteiger partial charge in [0.25, 0.3) is 5.91 Å². The van der Waals surface area contributed by atoms with E-state index in [0.29, 0.717) is 45.0 Å². The highest BCUT2D eigenvalue weighted by molar-refractivity contribution is 7.89. The Kier molecular flexibility index (Phi) is 7.51. The molecule has 9 heteroatoms. The number of hydrogen-bond donors (Lipinski definition) is 1. The van der Waals surface area contributed by atoms with Gasteiger partial charge in [0.1, 0.15) is 0 Å². The van der Waals surface area contributed by atoms with Crippen molar-refractivity contribution in [2.45, 2.75) is 31.7 Å². The molecule has 1 aliphatic rings. The largest absolute Gasteiger partial charge is 0.378 e. The van der Waals surface area contributed by atoms with Crippen LogP contribution in [0, 0.1) is 0 Å². The lowest BCUT2D eigenvalue weighted by Crippen LogP contribution is -2.38. The summed E-state index contributed by atoms with van der Waals surface area (Å²) in [5, 5.41) is 4.99. The zero-order valence-electron chi connectivity index (χ0n) is 17.6. The van der Waals surface area contributed by atoms with Crippen LogP contribution in [0.5, 0.6) is 0 Å². The molecular weight excluding hydrogens is 422 g/mol. The van der Waals surface area contributed by atoms with Crippen LogP contribution in [0.15, 0.2) is 40.6 Å². The van der Waals surface area contributed by atoms with Crippen LogP contribution in [0.3, 0.4) is 0 Å². The SMILES string of the molecule is CCN(CC)S(=O)(=O)c1ccc(N2CCOCC2)c(C(=O)NC(C)c2cccs2)c1. The monoisotopic (exact) mass is 451 g/mol. The molecule has 2 heterocycles. The summed E-state index contributed by atoms with van der Waals surface area (Å²) in [5.41, 5.74) is 1.10. The number of amides is 1. The predicted molar refractivity (Wildman–Crippen MR) is 120 cm³/mol. The quantitative estimate of drug-likeness (QED) is 0.667. The zero-order valence-corrected chi connectivity index (χ0v) is 19.3. The van der Waals surface area contributed by atoms with Gasteiger partial charge in [0, 0.05) is 36.7 Å². The Balaban J connectivity index is 1.98. The van der Waals surface area contributed by atoms with Crippen LogP contribution in [0.25, 0.3) is 0 Å². The number of morpholine rings is 1. The normalized spacial score (nSPS) is 15.9. The molecular formula is C21H29N3O4S2. The molecule has 30 heavy (non-hydrogen) atoms. The van der Waals surface area contributed by atoms with E-state index in [0.717, 1.165) is 10.6 Å². The van der Waals surface area contributed by atoms with Gasteiger partial charge in [-0.3, -0.25) is 4.79 Å². The maximum Gasteiger partial charge on any atom is 0.253 e. The molecule has 1 N–H and O–H groups in total. The van der Waals surface area contributed by atoms with E-state index in [-0.39, 0.29) is 16.8 Å². The standard InChI is InChI=1S/C21H29N3O4S2/c1-4-24(5-2)30(26,27)17-8-9-19(23-10-12-28-13-11-23)18(15-17)21(25)22-16(3)20-7-6-14-29-20/h6-9,14-16H,4-5,10-13H2,1-3H3,(H,22,25). The van der Waals surface area contributed by atoms with Crippen molar-refractivity contribution < 1.29 is 17.9 Å². The van der Waals surface area contributed by atoms with E-state index in [2.05, 4.69) is 10.2 Å². The average molecular weight is 452 g/mol. The summed E-state index contributed by atoms with van der Waals surface area (Å²) < 4.78 is 32.9. The fourth-order valence-corrected chi connectivity index (χ4v) is 5.75. The van der Waals surface area contributed by atoms with Crippen LogP contribution in [-0.4, -0.2) is 58.0 Å². The van der Waals surface area contributed by atoms with Crippen LogP contribution in [0.1, 0.15) is 42.0 Å². The summed E-state index contributed by atoms with van der Waals surface area (Å²) in [4.78, 5) is 16.5. The Bertz CT molecular complexity index is 951. The summed E-state index contributed by atoms with van der Waals surface area (Å²) in [7, 11) is -3.66. The van der Waals surface area contributed by atoms with E-state index in [1.54, 1.807) is 37.3 Å². The van der Waals surface area contributed by atoms with Crippen molar-refractivity contribution in [2.24, 2.45) is 0 Å². The lowest BCUT2D eigenvalue weighted by atomic mass is 10.1. The summed E-state index contributed by atoms with van der Waals surface area (Å²) in [5.74, 6) is -0.283. The Morgan fingerprint density at radius 1 is 1.23 bits per heavy atom. The second-order valence-electron chi connectivity index (χ2n) is 7.08. The molecule has 7 nitrogen and oxygen atoms in total. The molecule has 0 radical (unpaired) electrons. The molecule has 1 atom stereocenters. The molecule has 3 rings (SSSR count). The first kappa shape index (κ1) is 22.7. The third kappa shape index (κ3) is 4.85. The number of nitrogens with zero attached hydrogens (tertiary/aromatic N) is 2. The number of hydrogen-bond acceptors (Lipinski definition) is 6. The minimum atomic E-state index is -3.66. The van der Waals surface area contributed by atoms with Crippen molar-refractivity contribution >= 4 is 33.0 Å². The first-order valence-corrected chi connectivity index (χ1v) is 12.5. The molecule has 1 aromatic heterocycles. The van der Waals surface area contributed by atoms with Crippen molar-refractivity contribution in [2.75, 3.05) is 44.3 Å². The number of benzene rings is 1. The molecule has 0 saturated carbocycles. The number of rotatable bonds is 8. The van der Waals surface area contributed by atoms with Crippen LogP contribution in [-0.2, 0) is 14.8 Å². The predicted octanol–water partition coefficient (Wildman–Crippen LogP) is 3.11. The molecule has 0 spiro atoms. The van der Waals surface area contributed by atoms with Crippen LogP contribution in [0.2, 0.25) is 0 Å². The fraction of sp³-hybridized carbons (Fsp3) is 0.476. The van der Waals surface area contributed by atoms with Gasteiger partial charge in [0.15, 0.2) is 0 Å². The first-order chi connectivity index (χ1) is 14.4. The topological polar surface area (TPSA) is 79.0 Å². The van der Waals surface area contributed by atoms with E-state index in [9.17, 15) is 13.2 Å². The van der Waals surface area contributed by atoms with Crippen molar-refractivity contribution in [3.05, 3.63) is 46.2 Å². The zero-order chi connectivity index (χ0) is 21.7. The van der Waals surface area contributed by atoms with Gasteiger partial charge in [0.05, 0.1) is 29.7 Å². The van der Waals surface area contributed by atoms with E-state index < -0.39 is 10.0 Å². The van der Waals surface area contributed by atoms with E-state index in [1.807, 2.05) is 24.4 Å². The van der Waals surface area contributed by atoms with Gasteiger partial charge in [-0.1, -0.05) is 19.9 Å². The first-order valence-electron chi connectivity index (χ1n) is 10.2. The van der Waals surface area contributed by atoms with E-state index in [4.69, 9.17) is 4.74 Å². The average Bonchev–Trinajstić information content (AvgIpc) is 3.29. The molecule has 1 fully saturated rings. The number of thiophene rings is 1. The minimum Gasteiger partial charge on any atom is -0.378 e. The van der Waals surface area contributed by atoms with Gasteiger partial charge in [-0.15, -0.1) is 11.3 Å². The highest BCUT2D eigenvalue weighted by Gasteiger charge is 2.26. The van der Waals surface area contributed by atoms with Gasteiger partial charge < -0.3 is 15.0 Å². The molecule has 0 aliphatic carbocycles. The molecule has 1 unspecified atom stereocenters. The Morgan fingerprint density at radius 2 is 1.93 bits per heavy atom. The summed E-state index contributed by atoms with van der Waals surface area (Å²) >= 11 is 1.57. The molecule has 1 aromatic carbocycles. The number of carbonyl (C=O) groups is 1. The number of anilines is 1. The minimum absolute atomic E-state index is 0.136. The number of carbonyl (C=O) groups excluding carboxylic acids is 1. The van der Waals surface area contributed by atoms with Crippen molar-refractivity contribution in [3.63, 3.8) is 0 Å². The lowest BCUT2D eigenvalue weighted by molar-refractivity contribution is 0.0939. The highest BCUT2D eigenvalue weighted by Crippen LogP contribution is 2.28. The van der Waals surface area contributed by atoms with Crippen LogP contribution < -0.4 is 10.2 Å². The van der Waals surface area contributed by atoms with Crippen molar-refractivity contribution in [1.29, 1.82) is 0 Å². The maximum atomic E-state index is 13.2. The lowest BCUT2D eigenvalue weighted by Gasteiger charge is -2.31. The Morgan fingerprint density at radius 3 is 2.53 bits per heavy atom. The number of ether oxygens (including phenoxy) is 1. The van der Waals surface area contributed by atoms with Gasteiger partial charge in [-0.25, -0.2) is 8.42 Å². The fourth-order valence-electron chi connectivity index (χ4n) is 3.53. The molecule has 0 bridgehead atoms. The van der Waals surface area contributed by atoms with Gasteiger partial charge in [-0.05, 0) is 36.6 Å². The molecule has 164 valence electrons. The number of nitrogens with one attached hydrogen (secondary N) is 1. The van der Waals surface area contributed by atoms with Crippen LogP contribution >= 0.6 is 11.3 Å². The second-order valence-corrected chi connectivity index (χ2v) is 10.00. The maximum absolute atomic E-state index is 13.2. The summed E-state index contributed by atoms with van der Waals surface area (Å²) in [6, 6.07) is 8.59. The van der Waals surface area contributed by atoms with Crippen LogP contribution in [0.4, 0.5) is 5.69 Å². The molecule has 2 aromatic rings. The molecule has 1 aliphatic heterocycles. The smallest absolute Gasteiger partial charge is 0.253 e. The highest BCUT2D eigenvalue weighted by atomic mass is 32.2. The third-order valence-corrected chi connectivity index (χ3v) is 8.33. The molecule has 1 amide bonds. The Hall–Kier alpha value is -1.94. The van der Waals surface area contributed by atoms with Gasteiger partial charge >= 0.3 is 0 Å². The van der Waals surface area contributed by atoms with Crippen molar-refractivity contribution in [3.8, 4) is 0 Å². The number of sulfonamides is 1. The van der Waals surface area contributed by atoms with E-state index >= 15 is 0 Å². The summed E-state index contributed by atoms with van der Waals surface area (Å²) in [6.45, 7) is 8.75.